The van der Waals surface area contributed by atoms with Gasteiger partial charge in [-0.1, -0.05) is 32.0 Å². The molecule has 23 heavy (non-hydrogen) atoms. The van der Waals surface area contributed by atoms with Crippen LogP contribution in [-0.2, 0) is 20.8 Å². The first-order valence-corrected chi connectivity index (χ1v) is 9.24. The number of benzene rings is 2. The van der Waals surface area contributed by atoms with Crippen LogP contribution in [0.25, 0.3) is 0 Å². The summed E-state index contributed by atoms with van der Waals surface area (Å²) in [5, 5.41) is 1.36. The van der Waals surface area contributed by atoms with Gasteiger partial charge in [0.1, 0.15) is 11.4 Å². The van der Waals surface area contributed by atoms with E-state index in [-0.39, 0.29) is 5.75 Å². The zero-order chi connectivity index (χ0) is 16.4. The Kier molecular flexibility index (Phi) is 4.28. The molecule has 0 N–H and O–H groups in total. The first-order valence-electron chi connectivity index (χ1n) is 7.66. The number of aryl methyl sites for hydroxylation is 1. The minimum atomic E-state index is -3.67. The third-order valence-electron chi connectivity index (χ3n) is 3.60. The van der Waals surface area contributed by atoms with E-state index in [0.29, 0.717) is 29.3 Å². The van der Waals surface area contributed by atoms with Gasteiger partial charge in [0, 0.05) is 0 Å². The Balaban J connectivity index is 2.09. The van der Waals surface area contributed by atoms with Crippen LogP contribution in [0, 0.1) is 0 Å². The molecule has 0 fully saturated rings. The van der Waals surface area contributed by atoms with Crippen LogP contribution in [0.5, 0.6) is 11.5 Å². The van der Waals surface area contributed by atoms with Gasteiger partial charge in [-0.3, -0.25) is 0 Å². The minimum absolute atomic E-state index is 0.0324. The second-order valence-corrected chi connectivity index (χ2v) is 7.03. The van der Waals surface area contributed by atoms with Crippen LogP contribution in [0.15, 0.2) is 42.5 Å². The Morgan fingerprint density at radius 3 is 2.52 bits per heavy atom. The maximum atomic E-state index is 12.2. The summed E-state index contributed by atoms with van der Waals surface area (Å²) in [6.45, 7) is 3.84. The normalized spacial score (nSPS) is 13.2. The maximum absolute atomic E-state index is 12.2. The Bertz CT molecular complexity index is 817. The molecule has 3 rings (SSSR count). The standard InChI is InChI=1S/C17H19NO4S/c1-3-11-23(19,20)22-18-14-7-5-6-8-16(14)21-17-10-9-13(4-2)12-15(17)18/h5-10,12H,3-4,11H2,1-2H3. The Hall–Kier alpha value is -2.05. The number of anilines is 2. The lowest BCUT2D eigenvalue weighted by molar-refractivity contribution is 0.308. The fraction of sp³-hybridized carbons (Fsp3) is 0.294. The van der Waals surface area contributed by atoms with E-state index in [4.69, 9.17) is 9.02 Å². The first-order chi connectivity index (χ1) is 11.0. The molecule has 0 bridgehead atoms. The number of hydrogen-bond acceptors (Lipinski definition) is 5. The molecule has 0 saturated carbocycles. The van der Waals surface area contributed by atoms with Crippen molar-refractivity contribution < 1.29 is 17.4 Å². The highest BCUT2D eigenvalue weighted by atomic mass is 32.2. The van der Waals surface area contributed by atoms with Crippen molar-refractivity contribution in [3.05, 3.63) is 48.0 Å². The van der Waals surface area contributed by atoms with Crippen LogP contribution in [0.4, 0.5) is 11.4 Å². The highest BCUT2D eigenvalue weighted by Crippen LogP contribution is 2.47. The largest absolute Gasteiger partial charge is 0.453 e. The fourth-order valence-electron chi connectivity index (χ4n) is 2.47. The van der Waals surface area contributed by atoms with Crippen molar-refractivity contribution in [2.75, 3.05) is 10.8 Å². The van der Waals surface area contributed by atoms with Crippen molar-refractivity contribution >= 4 is 21.5 Å². The van der Waals surface area contributed by atoms with E-state index in [9.17, 15) is 8.42 Å². The van der Waals surface area contributed by atoms with Crippen molar-refractivity contribution in [2.45, 2.75) is 26.7 Å². The van der Waals surface area contributed by atoms with Crippen LogP contribution in [0.1, 0.15) is 25.8 Å². The molecule has 2 aromatic carbocycles. The van der Waals surface area contributed by atoms with Crippen molar-refractivity contribution in [3.8, 4) is 11.5 Å². The number of para-hydroxylation sites is 2. The molecule has 0 unspecified atom stereocenters. The lowest BCUT2D eigenvalue weighted by Gasteiger charge is -2.31. The van der Waals surface area contributed by atoms with Gasteiger partial charge in [-0.05, 0) is 42.7 Å². The van der Waals surface area contributed by atoms with Gasteiger partial charge < -0.3 is 4.74 Å². The van der Waals surface area contributed by atoms with Gasteiger partial charge in [0.15, 0.2) is 11.5 Å². The summed E-state index contributed by atoms with van der Waals surface area (Å²) < 4.78 is 35.6. The summed E-state index contributed by atoms with van der Waals surface area (Å²) >= 11 is 0. The monoisotopic (exact) mass is 333 g/mol. The molecule has 5 nitrogen and oxygen atoms in total. The Morgan fingerprint density at radius 1 is 1.04 bits per heavy atom. The summed E-state index contributed by atoms with van der Waals surface area (Å²) in [6.07, 6.45) is 1.33. The summed E-state index contributed by atoms with van der Waals surface area (Å²) in [5.41, 5.74) is 2.25. The molecule has 2 aromatic rings. The van der Waals surface area contributed by atoms with Gasteiger partial charge in [0.2, 0.25) is 0 Å². The number of hydrogen-bond donors (Lipinski definition) is 0. The lowest BCUT2D eigenvalue weighted by atomic mass is 10.1. The summed E-state index contributed by atoms with van der Waals surface area (Å²) in [5.74, 6) is 1.11. The van der Waals surface area contributed by atoms with Crippen molar-refractivity contribution in [2.24, 2.45) is 0 Å². The molecule has 0 radical (unpaired) electrons. The molecule has 1 heterocycles. The van der Waals surface area contributed by atoms with E-state index in [2.05, 4.69) is 0 Å². The number of fused-ring (bicyclic) bond motifs is 2. The average Bonchev–Trinajstić information content (AvgIpc) is 2.54. The average molecular weight is 333 g/mol. The van der Waals surface area contributed by atoms with Gasteiger partial charge in [-0.2, -0.15) is 13.5 Å². The van der Waals surface area contributed by atoms with E-state index < -0.39 is 10.1 Å². The van der Waals surface area contributed by atoms with Crippen LogP contribution < -0.4 is 9.80 Å². The third kappa shape index (κ3) is 3.18. The van der Waals surface area contributed by atoms with E-state index in [1.54, 1.807) is 19.1 Å². The van der Waals surface area contributed by atoms with Crippen LogP contribution in [-0.4, -0.2) is 14.2 Å². The molecule has 0 amide bonds. The van der Waals surface area contributed by atoms with Crippen LogP contribution in [0.2, 0.25) is 0 Å². The van der Waals surface area contributed by atoms with Crippen molar-refractivity contribution in [1.82, 2.24) is 0 Å². The van der Waals surface area contributed by atoms with Crippen molar-refractivity contribution in [1.29, 1.82) is 0 Å². The summed E-state index contributed by atoms with van der Waals surface area (Å²) in [4.78, 5) is 0. The van der Waals surface area contributed by atoms with Gasteiger partial charge in [-0.15, -0.1) is 4.28 Å². The quantitative estimate of drug-likeness (QED) is 0.822. The van der Waals surface area contributed by atoms with E-state index in [0.717, 1.165) is 12.0 Å². The summed E-state index contributed by atoms with van der Waals surface area (Å²) in [7, 11) is -3.67. The molecule has 122 valence electrons. The minimum Gasteiger partial charge on any atom is -0.453 e. The molecule has 0 aromatic heterocycles. The van der Waals surface area contributed by atoms with Gasteiger partial charge in [0.25, 0.3) is 10.1 Å². The molecule has 0 spiro atoms. The highest BCUT2D eigenvalue weighted by Gasteiger charge is 2.29. The molecule has 6 heteroatoms. The van der Waals surface area contributed by atoms with Gasteiger partial charge in [-0.25, -0.2) is 0 Å². The molecule has 0 atom stereocenters. The maximum Gasteiger partial charge on any atom is 0.288 e. The van der Waals surface area contributed by atoms with Crippen LogP contribution in [0.3, 0.4) is 0 Å². The number of ether oxygens (including phenoxy) is 1. The van der Waals surface area contributed by atoms with E-state index in [1.165, 1.54) is 5.06 Å². The second kappa shape index (κ2) is 6.22. The molecular weight excluding hydrogens is 314 g/mol. The number of rotatable bonds is 5. The first kappa shape index (κ1) is 15.8. The second-order valence-electron chi connectivity index (χ2n) is 5.36. The third-order valence-corrected chi connectivity index (χ3v) is 4.88. The van der Waals surface area contributed by atoms with Gasteiger partial charge >= 0.3 is 0 Å². The fourth-order valence-corrected chi connectivity index (χ4v) is 3.43. The van der Waals surface area contributed by atoms with Crippen molar-refractivity contribution in [3.63, 3.8) is 0 Å². The molecule has 0 saturated heterocycles. The smallest absolute Gasteiger partial charge is 0.288 e. The van der Waals surface area contributed by atoms with E-state index >= 15 is 0 Å². The number of nitrogens with zero attached hydrogens (tertiary/aromatic N) is 1. The summed E-state index contributed by atoms with van der Waals surface area (Å²) in [6, 6.07) is 12.9. The Morgan fingerprint density at radius 2 is 1.78 bits per heavy atom. The predicted octanol–water partition coefficient (Wildman–Crippen LogP) is 4.16. The predicted molar refractivity (Wildman–Crippen MR) is 89.6 cm³/mol. The zero-order valence-corrected chi connectivity index (χ0v) is 14.0. The zero-order valence-electron chi connectivity index (χ0n) is 13.2. The van der Waals surface area contributed by atoms with Gasteiger partial charge in [0.05, 0.1) is 5.75 Å². The van der Waals surface area contributed by atoms with Crippen LogP contribution >= 0.6 is 0 Å². The SMILES string of the molecule is CCCS(=O)(=O)ON1c2ccccc2Oc2ccc(CC)cc21. The lowest BCUT2D eigenvalue weighted by Crippen LogP contribution is -2.27. The van der Waals surface area contributed by atoms with E-state index in [1.807, 2.05) is 37.3 Å². The Labute approximate surface area is 136 Å². The molecular formula is C17H19NO4S. The molecule has 1 aliphatic heterocycles. The molecule has 0 aliphatic carbocycles. The molecule has 1 aliphatic rings. The highest BCUT2D eigenvalue weighted by molar-refractivity contribution is 7.86. The topological polar surface area (TPSA) is 55.8 Å².